The molecule has 0 aliphatic heterocycles. The second-order valence-electron chi connectivity index (χ2n) is 5.42. The summed E-state index contributed by atoms with van der Waals surface area (Å²) in [4.78, 5) is 4.48. The van der Waals surface area contributed by atoms with Gasteiger partial charge in [-0.05, 0) is 30.7 Å². The van der Waals surface area contributed by atoms with Crippen LogP contribution < -0.4 is 5.32 Å². The van der Waals surface area contributed by atoms with Gasteiger partial charge in [0, 0.05) is 11.8 Å². The number of benzene rings is 1. The quantitative estimate of drug-likeness (QED) is 0.621. The highest BCUT2D eigenvalue weighted by Crippen LogP contribution is 2.25. The number of rotatable bonds is 4. The number of hydrogen-bond acceptors (Lipinski definition) is 4. The predicted octanol–water partition coefficient (Wildman–Crippen LogP) is 3.91. The molecule has 0 spiro atoms. The van der Waals surface area contributed by atoms with Gasteiger partial charge in [0.25, 0.3) is 0 Å². The van der Waals surface area contributed by atoms with Crippen molar-refractivity contribution in [1.82, 2.24) is 14.6 Å². The van der Waals surface area contributed by atoms with Crippen molar-refractivity contribution in [3.63, 3.8) is 0 Å². The van der Waals surface area contributed by atoms with Crippen molar-refractivity contribution in [3.8, 4) is 11.1 Å². The molecule has 1 N–H and O–H groups in total. The van der Waals surface area contributed by atoms with Crippen molar-refractivity contribution >= 4 is 11.5 Å². The SMILES string of the molecule is Cc1ccc(-c2cnn3c(NCc4ccco4)ccnc23)cc1. The largest absolute Gasteiger partial charge is 0.467 e. The summed E-state index contributed by atoms with van der Waals surface area (Å²) in [5.41, 5.74) is 4.20. The highest BCUT2D eigenvalue weighted by molar-refractivity contribution is 5.78. The van der Waals surface area contributed by atoms with Crippen LogP contribution in [0.2, 0.25) is 0 Å². The third kappa shape index (κ3) is 2.57. The van der Waals surface area contributed by atoms with Gasteiger partial charge in [-0.1, -0.05) is 29.8 Å². The second-order valence-corrected chi connectivity index (χ2v) is 5.42. The summed E-state index contributed by atoms with van der Waals surface area (Å²) in [5.74, 6) is 1.76. The van der Waals surface area contributed by atoms with Crippen LogP contribution in [0.4, 0.5) is 5.82 Å². The molecule has 4 aromatic rings. The van der Waals surface area contributed by atoms with Crippen LogP contribution in [0.1, 0.15) is 11.3 Å². The van der Waals surface area contributed by atoms with Crippen LogP contribution in [0.15, 0.2) is 65.5 Å². The Morgan fingerprint density at radius 2 is 2.00 bits per heavy atom. The lowest BCUT2D eigenvalue weighted by Crippen LogP contribution is -2.05. The van der Waals surface area contributed by atoms with Crippen molar-refractivity contribution in [3.05, 3.63) is 72.4 Å². The Hall–Kier alpha value is -3.08. The van der Waals surface area contributed by atoms with Gasteiger partial charge in [0.15, 0.2) is 5.65 Å². The number of furan rings is 1. The zero-order valence-corrected chi connectivity index (χ0v) is 12.7. The van der Waals surface area contributed by atoms with Gasteiger partial charge in [-0.25, -0.2) is 4.98 Å². The maximum atomic E-state index is 5.35. The molecular formula is C18H16N4O. The highest BCUT2D eigenvalue weighted by Gasteiger charge is 2.10. The summed E-state index contributed by atoms with van der Waals surface area (Å²) in [6.45, 7) is 2.68. The Kier molecular flexibility index (Phi) is 3.31. The molecule has 0 fully saturated rings. The normalized spacial score (nSPS) is 11.0. The van der Waals surface area contributed by atoms with Gasteiger partial charge >= 0.3 is 0 Å². The van der Waals surface area contributed by atoms with E-state index >= 15 is 0 Å². The molecule has 0 atom stereocenters. The fraction of sp³-hybridized carbons (Fsp3) is 0.111. The molecule has 23 heavy (non-hydrogen) atoms. The predicted molar refractivity (Wildman–Crippen MR) is 89.2 cm³/mol. The van der Waals surface area contributed by atoms with E-state index in [1.807, 2.05) is 28.9 Å². The maximum Gasteiger partial charge on any atom is 0.165 e. The summed E-state index contributed by atoms with van der Waals surface area (Å²) in [7, 11) is 0. The molecule has 5 heteroatoms. The summed E-state index contributed by atoms with van der Waals surface area (Å²) >= 11 is 0. The summed E-state index contributed by atoms with van der Waals surface area (Å²) < 4.78 is 7.16. The lowest BCUT2D eigenvalue weighted by molar-refractivity contribution is 0.517. The van der Waals surface area contributed by atoms with Gasteiger partial charge in [-0.15, -0.1) is 0 Å². The maximum absolute atomic E-state index is 5.35. The van der Waals surface area contributed by atoms with Crippen molar-refractivity contribution in [2.75, 3.05) is 5.32 Å². The van der Waals surface area contributed by atoms with Gasteiger partial charge in [0.05, 0.1) is 19.0 Å². The minimum Gasteiger partial charge on any atom is -0.467 e. The summed E-state index contributed by atoms with van der Waals surface area (Å²) in [5, 5.41) is 7.81. The summed E-state index contributed by atoms with van der Waals surface area (Å²) in [6, 6.07) is 14.1. The lowest BCUT2D eigenvalue weighted by Gasteiger charge is -2.07. The van der Waals surface area contributed by atoms with Crippen molar-refractivity contribution in [1.29, 1.82) is 0 Å². The molecule has 0 saturated carbocycles. The minimum atomic E-state index is 0.603. The minimum absolute atomic E-state index is 0.603. The van der Waals surface area contributed by atoms with E-state index in [0.29, 0.717) is 6.54 Å². The molecule has 3 heterocycles. The van der Waals surface area contributed by atoms with Gasteiger partial charge in [-0.2, -0.15) is 9.61 Å². The van der Waals surface area contributed by atoms with E-state index in [2.05, 4.69) is 46.6 Å². The van der Waals surface area contributed by atoms with E-state index in [4.69, 9.17) is 4.42 Å². The third-order valence-corrected chi connectivity index (χ3v) is 3.79. The van der Waals surface area contributed by atoms with Crippen LogP contribution >= 0.6 is 0 Å². The van der Waals surface area contributed by atoms with Gasteiger partial charge in [-0.3, -0.25) is 0 Å². The van der Waals surface area contributed by atoms with Gasteiger partial charge < -0.3 is 9.73 Å². The number of aryl methyl sites for hydroxylation is 1. The van der Waals surface area contributed by atoms with E-state index in [-0.39, 0.29) is 0 Å². The fourth-order valence-electron chi connectivity index (χ4n) is 2.55. The number of anilines is 1. The fourth-order valence-corrected chi connectivity index (χ4v) is 2.55. The summed E-state index contributed by atoms with van der Waals surface area (Å²) in [6.07, 6.45) is 5.31. The van der Waals surface area contributed by atoms with Crippen molar-refractivity contribution in [2.45, 2.75) is 13.5 Å². The zero-order chi connectivity index (χ0) is 15.6. The standard InChI is InChI=1S/C18H16N4O/c1-13-4-6-14(7-5-13)16-12-21-22-17(8-9-19-18(16)22)20-11-15-3-2-10-23-15/h2-10,12,20H,11H2,1H3. The molecule has 0 radical (unpaired) electrons. The van der Waals surface area contributed by atoms with Crippen LogP contribution in [0.25, 0.3) is 16.8 Å². The van der Waals surface area contributed by atoms with Crippen molar-refractivity contribution < 1.29 is 4.42 Å². The Labute approximate surface area is 133 Å². The Bertz CT molecular complexity index is 923. The van der Waals surface area contributed by atoms with E-state index in [9.17, 15) is 0 Å². The first-order chi connectivity index (χ1) is 11.3. The lowest BCUT2D eigenvalue weighted by atomic mass is 10.1. The van der Waals surface area contributed by atoms with Crippen LogP contribution in [0, 0.1) is 6.92 Å². The molecule has 1 aromatic carbocycles. The van der Waals surface area contributed by atoms with Crippen LogP contribution in [0.5, 0.6) is 0 Å². The number of nitrogens with zero attached hydrogens (tertiary/aromatic N) is 3. The smallest absolute Gasteiger partial charge is 0.165 e. The van der Waals surface area contributed by atoms with Gasteiger partial charge in [0.2, 0.25) is 0 Å². The van der Waals surface area contributed by atoms with E-state index in [0.717, 1.165) is 28.4 Å². The van der Waals surface area contributed by atoms with Crippen LogP contribution in [-0.2, 0) is 6.54 Å². The number of aromatic nitrogens is 3. The molecule has 0 amide bonds. The number of hydrogen-bond donors (Lipinski definition) is 1. The average molecular weight is 304 g/mol. The first kappa shape index (κ1) is 13.6. The monoisotopic (exact) mass is 304 g/mol. The average Bonchev–Trinajstić information content (AvgIpc) is 3.23. The van der Waals surface area contributed by atoms with E-state index < -0.39 is 0 Å². The first-order valence-corrected chi connectivity index (χ1v) is 7.47. The molecular weight excluding hydrogens is 288 g/mol. The van der Waals surface area contributed by atoms with E-state index in [1.54, 1.807) is 12.5 Å². The number of fused-ring (bicyclic) bond motifs is 1. The topological polar surface area (TPSA) is 55.4 Å². The second kappa shape index (κ2) is 5.61. The van der Waals surface area contributed by atoms with Gasteiger partial charge in [0.1, 0.15) is 11.6 Å². The highest BCUT2D eigenvalue weighted by atomic mass is 16.3. The Balaban J connectivity index is 1.70. The Morgan fingerprint density at radius 1 is 1.13 bits per heavy atom. The van der Waals surface area contributed by atoms with Crippen molar-refractivity contribution in [2.24, 2.45) is 0 Å². The van der Waals surface area contributed by atoms with Crippen LogP contribution in [0.3, 0.4) is 0 Å². The zero-order valence-electron chi connectivity index (χ0n) is 12.7. The first-order valence-electron chi connectivity index (χ1n) is 7.47. The van der Waals surface area contributed by atoms with E-state index in [1.165, 1.54) is 5.56 Å². The third-order valence-electron chi connectivity index (χ3n) is 3.79. The molecule has 3 aromatic heterocycles. The number of nitrogens with one attached hydrogen (secondary N) is 1. The Morgan fingerprint density at radius 3 is 2.78 bits per heavy atom. The molecule has 4 rings (SSSR count). The molecule has 0 unspecified atom stereocenters. The molecule has 114 valence electrons. The molecule has 0 aliphatic rings. The molecule has 0 bridgehead atoms. The molecule has 5 nitrogen and oxygen atoms in total. The molecule has 0 aliphatic carbocycles. The van der Waals surface area contributed by atoms with Crippen LogP contribution in [-0.4, -0.2) is 14.6 Å². The molecule has 0 saturated heterocycles.